The predicted octanol–water partition coefficient (Wildman–Crippen LogP) is 5.76. The van der Waals surface area contributed by atoms with Crippen LogP contribution in [0, 0.1) is 5.92 Å². The number of aromatic nitrogens is 3. The van der Waals surface area contributed by atoms with Gasteiger partial charge in [0.25, 0.3) is 5.91 Å². The van der Waals surface area contributed by atoms with Crippen LogP contribution in [0.5, 0.6) is 0 Å². The van der Waals surface area contributed by atoms with Gasteiger partial charge in [-0.15, -0.1) is 0 Å². The van der Waals surface area contributed by atoms with Gasteiger partial charge in [0.15, 0.2) is 5.82 Å². The summed E-state index contributed by atoms with van der Waals surface area (Å²) in [6, 6.07) is 7.58. The number of carbonyl (C=O) groups is 1. The van der Waals surface area contributed by atoms with E-state index in [1.807, 2.05) is 23.1 Å². The van der Waals surface area contributed by atoms with Gasteiger partial charge in [-0.3, -0.25) is 9.69 Å². The number of fused-ring (bicyclic) bond motifs is 4. The highest BCUT2D eigenvalue weighted by atomic mass is 35.5. The number of halogens is 1. The van der Waals surface area contributed by atoms with Gasteiger partial charge >= 0.3 is 0 Å². The van der Waals surface area contributed by atoms with Crippen molar-refractivity contribution in [2.24, 2.45) is 5.92 Å². The van der Waals surface area contributed by atoms with E-state index >= 15 is 0 Å². The summed E-state index contributed by atoms with van der Waals surface area (Å²) in [5.41, 5.74) is 0.587. The Morgan fingerprint density at radius 2 is 1.90 bits per heavy atom. The van der Waals surface area contributed by atoms with Crippen molar-refractivity contribution in [2.45, 2.75) is 89.1 Å². The summed E-state index contributed by atoms with van der Waals surface area (Å²) in [5.74, 6) is 2.04. The molecule has 160 valence electrons. The van der Waals surface area contributed by atoms with Crippen LogP contribution >= 0.6 is 11.6 Å². The van der Waals surface area contributed by atoms with E-state index in [1.165, 1.54) is 38.5 Å². The van der Waals surface area contributed by atoms with Crippen molar-refractivity contribution in [3.05, 3.63) is 40.7 Å². The third-order valence-electron chi connectivity index (χ3n) is 7.54. The van der Waals surface area contributed by atoms with Gasteiger partial charge < -0.3 is 0 Å². The molecule has 2 heterocycles. The van der Waals surface area contributed by atoms with Crippen LogP contribution < -0.4 is 4.90 Å². The minimum Gasteiger partial charge on any atom is -0.273 e. The van der Waals surface area contributed by atoms with Crippen molar-refractivity contribution in [2.75, 3.05) is 4.90 Å². The van der Waals surface area contributed by atoms with Crippen LogP contribution in [-0.4, -0.2) is 26.7 Å². The third-order valence-corrected chi connectivity index (χ3v) is 7.87. The van der Waals surface area contributed by atoms with Gasteiger partial charge in [0.1, 0.15) is 0 Å². The van der Waals surface area contributed by atoms with Crippen molar-refractivity contribution in [1.82, 2.24) is 14.8 Å². The van der Waals surface area contributed by atoms with E-state index in [9.17, 15) is 4.79 Å². The molecular weight excluding hydrogens is 396 g/mol. The Kier molecular flexibility index (Phi) is 5.34. The number of carbonyl (C=O) groups excluding carboxylic acids is 1. The second-order valence-corrected chi connectivity index (χ2v) is 9.67. The molecule has 0 bridgehead atoms. The minimum absolute atomic E-state index is 0.0227. The van der Waals surface area contributed by atoms with Crippen molar-refractivity contribution in [1.29, 1.82) is 0 Å². The molecule has 1 spiro atoms. The largest absolute Gasteiger partial charge is 0.273 e. The Hall–Kier alpha value is -1.88. The van der Waals surface area contributed by atoms with E-state index in [0.29, 0.717) is 16.5 Å². The number of hydrogen-bond acceptors (Lipinski definition) is 3. The van der Waals surface area contributed by atoms with Crippen LogP contribution in [0.25, 0.3) is 0 Å². The Bertz CT molecular complexity index is 933. The monoisotopic (exact) mass is 426 g/mol. The van der Waals surface area contributed by atoms with Gasteiger partial charge in [0, 0.05) is 18.4 Å². The summed E-state index contributed by atoms with van der Waals surface area (Å²) in [4.78, 5) is 20.8. The summed E-state index contributed by atoms with van der Waals surface area (Å²) in [6.45, 7) is 2.16. The molecule has 1 aliphatic heterocycles. The molecule has 5 nitrogen and oxygen atoms in total. The predicted molar refractivity (Wildman–Crippen MR) is 119 cm³/mol. The summed E-state index contributed by atoms with van der Waals surface area (Å²) >= 11 is 6.45. The first kappa shape index (κ1) is 20.0. The summed E-state index contributed by atoms with van der Waals surface area (Å²) < 4.78 is 2.19. The fourth-order valence-electron chi connectivity index (χ4n) is 6.23. The standard InChI is InChI=1S/C24H31ClN4O/c1-2-10-21-26-23-28(22(30)17-11-4-6-13-19(17)25)20-14-7-5-12-18(20)24(29(23)27-21)15-8-3-9-16-24/h4,6,11,13,18,20H,2-3,5,7-10,12,14-16H2,1H3. The maximum Gasteiger partial charge on any atom is 0.262 e. The second-order valence-electron chi connectivity index (χ2n) is 9.27. The zero-order chi connectivity index (χ0) is 20.7. The van der Waals surface area contributed by atoms with Gasteiger partial charge in [-0.2, -0.15) is 10.1 Å². The molecule has 0 radical (unpaired) electrons. The Morgan fingerprint density at radius 1 is 1.13 bits per heavy atom. The lowest BCUT2D eigenvalue weighted by Gasteiger charge is -2.55. The molecule has 2 fully saturated rings. The van der Waals surface area contributed by atoms with Crippen LogP contribution in [0.2, 0.25) is 5.02 Å². The zero-order valence-corrected chi connectivity index (χ0v) is 18.6. The lowest BCUT2D eigenvalue weighted by Crippen LogP contribution is -2.61. The second kappa shape index (κ2) is 7.99. The van der Waals surface area contributed by atoms with Crippen molar-refractivity contribution in [3.63, 3.8) is 0 Å². The van der Waals surface area contributed by atoms with E-state index in [0.717, 1.165) is 43.9 Å². The number of amides is 1. The topological polar surface area (TPSA) is 51.0 Å². The van der Waals surface area contributed by atoms with Crippen LogP contribution in [0.15, 0.2) is 24.3 Å². The van der Waals surface area contributed by atoms with Gasteiger partial charge in [-0.25, -0.2) is 4.68 Å². The van der Waals surface area contributed by atoms with Gasteiger partial charge in [-0.05, 0) is 44.2 Å². The maximum atomic E-state index is 13.8. The summed E-state index contributed by atoms with van der Waals surface area (Å²) in [5, 5.41) is 5.54. The Balaban J connectivity index is 1.67. The van der Waals surface area contributed by atoms with Crippen molar-refractivity contribution in [3.8, 4) is 0 Å². The van der Waals surface area contributed by atoms with Crippen molar-refractivity contribution >= 4 is 23.5 Å². The quantitative estimate of drug-likeness (QED) is 0.626. The molecular formula is C24H31ClN4O. The average Bonchev–Trinajstić information content (AvgIpc) is 3.19. The van der Waals surface area contributed by atoms with Gasteiger partial charge in [-0.1, -0.05) is 62.8 Å². The highest BCUT2D eigenvalue weighted by Gasteiger charge is 2.55. The number of aryl methyl sites for hydroxylation is 1. The highest BCUT2D eigenvalue weighted by Crippen LogP contribution is 2.53. The minimum atomic E-state index is -0.0279. The zero-order valence-electron chi connectivity index (χ0n) is 17.8. The lowest BCUT2D eigenvalue weighted by molar-refractivity contribution is 0.0311. The molecule has 0 N–H and O–H groups in total. The third kappa shape index (κ3) is 3.08. The van der Waals surface area contributed by atoms with Crippen molar-refractivity contribution < 1.29 is 4.79 Å². The van der Waals surface area contributed by atoms with E-state index in [1.54, 1.807) is 6.07 Å². The number of nitrogens with zero attached hydrogens (tertiary/aromatic N) is 4. The number of benzene rings is 1. The van der Waals surface area contributed by atoms with Crippen LogP contribution in [0.3, 0.4) is 0 Å². The molecule has 1 aromatic carbocycles. The SMILES string of the molecule is CCCc1nc2n(n1)C1(CCCCC1)C1CCCCC1N2C(=O)c1ccccc1Cl. The maximum absolute atomic E-state index is 13.8. The normalized spacial score (nSPS) is 25.1. The Morgan fingerprint density at radius 3 is 2.67 bits per heavy atom. The summed E-state index contributed by atoms with van der Waals surface area (Å²) in [7, 11) is 0. The smallest absolute Gasteiger partial charge is 0.262 e. The molecule has 30 heavy (non-hydrogen) atoms. The fourth-order valence-corrected chi connectivity index (χ4v) is 6.45. The van der Waals surface area contributed by atoms with Gasteiger partial charge in [0.2, 0.25) is 5.95 Å². The molecule has 2 saturated carbocycles. The lowest BCUT2D eigenvalue weighted by atomic mass is 9.64. The molecule has 2 atom stereocenters. The van der Waals surface area contributed by atoms with E-state index < -0.39 is 0 Å². The highest BCUT2D eigenvalue weighted by molar-refractivity contribution is 6.34. The molecule has 1 amide bonds. The Labute approximate surface area is 183 Å². The molecule has 3 aliphatic rings. The molecule has 5 rings (SSSR count). The van der Waals surface area contributed by atoms with Crippen LogP contribution in [-0.2, 0) is 12.0 Å². The van der Waals surface area contributed by atoms with Gasteiger partial charge in [0.05, 0.1) is 16.1 Å². The first-order valence-electron chi connectivity index (χ1n) is 11.7. The van der Waals surface area contributed by atoms with E-state index in [-0.39, 0.29) is 17.5 Å². The van der Waals surface area contributed by atoms with E-state index in [4.69, 9.17) is 21.7 Å². The van der Waals surface area contributed by atoms with Crippen LogP contribution in [0.1, 0.15) is 87.3 Å². The summed E-state index contributed by atoms with van der Waals surface area (Å²) in [6.07, 6.45) is 12.6. The molecule has 6 heteroatoms. The molecule has 0 saturated heterocycles. The van der Waals surface area contributed by atoms with Crippen LogP contribution in [0.4, 0.5) is 5.95 Å². The van der Waals surface area contributed by atoms with E-state index in [2.05, 4.69) is 11.6 Å². The average molecular weight is 427 g/mol. The molecule has 2 unspecified atom stereocenters. The first-order valence-corrected chi connectivity index (χ1v) is 12.1. The number of anilines is 1. The number of rotatable bonds is 3. The molecule has 2 aliphatic carbocycles. The first-order chi connectivity index (χ1) is 14.7. The molecule has 1 aromatic heterocycles. The molecule has 2 aromatic rings. The fraction of sp³-hybridized carbons (Fsp3) is 0.625. The number of hydrogen-bond donors (Lipinski definition) is 0.